The smallest absolute Gasteiger partial charge is 0.241 e. The summed E-state index contributed by atoms with van der Waals surface area (Å²) < 4.78 is 33.0. The zero-order chi connectivity index (χ0) is 14.7. The topological polar surface area (TPSA) is 55.4 Å². The molecule has 1 aromatic heterocycles. The normalized spacial score (nSPS) is 12.9. The fraction of sp³-hybridized carbons (Fsp3) is 0.667. The van der Waals surface area contributed by atoms with Crippen LogP contribution in [0, 0.1) is 12.3 Å². The van der Waals surface area contributed by atoms with Gasteiger partial charge in [0.25, 0.3) is 0 Å². The molecule has 1 rings (SSSR count). The Morgan fingerprint density at radius 2 is 2.11 bits per heavy atom. The van der Waals surface area contributed by atoms with Crippen LogP contribution < -0.4 is 4.72 Å². The summed E-state index contributed by atoms with van der Waals surface area (Å²) in [6, 6.07) is 1.64. The number of hydrogen-bond acceptors (Lipinski definition) is 4. The molecule has 4 nitrogen and oxygen atoms in total. The standard InChI is InChI=1S/C12H20BrNO3S2/c1-9-10(7-11(13)18-9)19(15,16)14-8-12(2,3)5-6-17-4/h7,14H,5-6,8H2,1-4H3. The lowest BCUT2D eigenvalue weighted by molar-refractivity contribution is 0.153. The van der Waals surface area contributed by atoms with E-state index in [-0.39, 0.29) is 5.41 Å². The van der Waals surface area contributed by atoms with E-state index < -0.39 is 10.0 Å². The predicted octanol–water partition coefficient (Wildman–Crippen LogP) is 3.16. The Hall–Kier alpha value is 0.0500. The van der Waals surface area contributed by atoms with Gasteiger partial charge < -0.3 is 4.74 Å². The molecule has 0 saturated carbocycles. The van der Waals surface area contributed by atoms with E-state index in [1.165, 1.54) is 11.3 Å². The highest BCUT2D eigenvalue weighted by molar-refractivity contribution is 9.11. The number of nitrogens with one attached hydrogen (secondary N) is 1. The third-order valence-electron chi connectivity index (χ3n) is 2.86. The average Bonchev–Trinajstić information content (AvgIpc) is 2.65. The summed E-state index contributed by atoms with van der Waals surface area (Å²) in [5.41, 5.74) is -0.135. The highest BCUT2D eigenvalue weighted by Crippen LogP contribution is 2.30. The fourth-order valence-corrected chi connectivity index (χ4v) is 5.19. The maximum atomic E-state index is 12.2. The van der Waals surface area contributed by atoms with Crippen LogP contribution in [0.1, 0.15) is 25.1 Å². The number of methoxy groups -OCH3 is 1. The number of thiophene rings is 1. The highest BCUT2D eigenvalue weighted by Gasteiger charge is 2.24. The molecule has 0 aliphatic carbocycles. The van der Waals surface area contributed by atoms with Crippen molar-refractivity contribution in [2.24, 2.45) is 5.41 Å². The van der Waals surface area contributed by atoms with Gasteiger partial charge in [-0.2, -0.15) is 0 Å². The van der Waals surface area contributed by atoms with E-state index in [0.29, 0.717) is 18.0 Å². The second-order valence-electron chi connectivity index (χ2n) is 5.20. The number of sulfonamides is 1. The Kier molecular flexibility index (Phi) is 6.00. The quantitative estimate of drug-likeness (QED) is 0.802. The monoisotopic (exact) mass is 369 g/mol. The molecule has 0 spiro atoms. The van der Waals surface area contributed by atoms with Crippen LogP contribution in [0.5, 0.6) is 0 Å². The average molecular weight is 370 g/mol. The SMILES string of the molecule is COCCC(C)(C)CNS(=O)(=O)c1cc(Br)sc1C. The molecule has 0 aliphatic rings. The molecule has 0 radical (unpaired) electrons. The van der Waals surface area contributed by atoms with Gasteiger partial charge in [-0.1, -0.05) is 13.8 Å². The van der Waals surface area contributed by atoms with E-state index in [1.807, 2.05) is 13.8 Å². The summed E-state index contributed by atoms with van der Waals surface area (Å²) in [7, 11) is -1.79. The van der Waals surface area contributed by atoms with Gasteiger partial charge in [0.2, 0.25) is 10.0 Å². The highest BCUT2D eigenvalue weighted by atomic mass is 79.9. The molecule has 19 heavy (non-hydrogen) atoms. The summed E-state index contributed by atoms with van der Waals surface area (Å²) in [6.45, 7) is 6.86. The minimum absolute atomic E-state index is 0.135. The summed E-state index contributed by atoms with van der Waals surface area (Å²) in [5.74, 6) is 0. The summed E-state index contributed by atoms with van der Waals surface area (Å²) in [4.78, 5) is 1.14. The molecule has 0 atom stereocenters. The van der Waals surface area contributed by atoms with Crippen molar-refractivity contribution in [3.63, 3.8) is 0 Å². The molecule has 110 valence electrons. The molecule has 0 bridgehead atoms. The molecule has 0 saturated heterocycles. The van der Waals surface area contributed by atoms with Crippen molar-refractivity contribution < 1.29 is 13.2 Å². The Labute approximate surface area is 127 Å². The van der Waals surface area contributed by atoms with E-state index in [9.17, 15) is 8.42 Å². The van der Waals surface area contributed by atoms with Crippen LogP contribution in [0.15, 0.2) is 14.7 Å². The van der Waals surface area contributed by atoms with E-state index in [4.69, 9.17) is 4.74 Å². The van der Waals surface area contributed by atoms with E-state index in [1.54, 1.807) is 20.1 Å². The van der Waals surface area contributed by atoms with Crippen LogP contribution in [0.4, 0.5) is 0 Å². The second-order valence-corrected chi connectivity index (χ2v) is 9.57. The molecular weight excluding hydrogens is 350 g/mol. The zero-order valence-corrected chi connectivity index (χ0v) is 14.8. The molecule has 0 aromatic carbocycles. The minimum Gasteiger partial charge on any atom is -0.385 e. The van der Waals surface area contributed by atoms with Crippen molar-refractivity contribution in [1.82, 2.24) is 4.72 Å². The third kappa shape index (κ3) is 5.15. The first kappa shape index (κ1) is 17.1. The van der Waals surface area contributed by atoms with Gasteiger partial charge in [-0.05, 0) is 40.8 Å². The molecular formula is C12H20BrNO3S2. The largest absolute Gasteiger partial charge is 0.385 e. The lowest BCUT2D eigenvalue weighted by Crippen LogP contribution is -2.34. The summed E-state index contributed by atoms with van der Waals surface area (Å²) in [6.07, 6.45) is 0.804. The molecule has 1 aromatic rings. The van der Waals surface area contributed by atoms with Crippen molar-refractivity contribution in [1.29, 1.82) is 0 Å². The van der Waals surface area contributed by atoms with Gasteiger partial charge in [0, 0.05) is 25.1 Å². The summed E-state index contributed by atoms with van der Waals surface area (Å²) in [5, 5.41) is 0. The lowest BCUT2D eigenvalue weighted by atomic mass is 9.90. The molecule has 0 fully saturated rings. The Morgan fingerprint density at radius 3 is 2.58 bits per heavy atom. The number of ether oxygens (including phenoxy) is 1. The van der Waals surface area contributed by atoms with Crippen LogP contribution >= 0.6 is 27.3 Å². The number of rotatable bonds is 7. The number of aryl methyl sites for hydroxylation is 1. The second kappa shape index (κ2) is 6.67. The molecule has 0 amide bonds. The van der Waals surface area contributed by atoms with Crippen LogP contribution in [-0.4, -0.2) is 28.7 Å². The van der Waals surface area contributed by atoms with E-state index in [0.717, 1.165) is 15.1 Å². The number of halogens is 1. The zero-order valence-electron chi connectivity index (χ0n) is 11.6. The van der Waals surface area contributed by atoms with Gasteiger partial charge >= 0.3 is 0 Å². The molecule has 7 heteroatoms. The van der Waals surface area contributed by atoms with Gasteiger partial charge in [0.15, 0.2) is 0 Å². The Balaban J connectivity index is 2.73. The van der Waals surface area contributed by atoms with Gasteiger partial charge in [-0.15, -0.1) is 11.3 Å². The first-order valence-electron chi connectivity index (χ1n) is 5.92. The van der Waals surface area contributed by atoms with Gasteiger partial charge in [-0.3, -0.25) is 0 Å². The van der Waals surface area contributed by atoms with Crippen LogP contribution in [-0.2, 0) is 14.8 Å². The van der Waals surface area contributed by atoms with Crippen molar-refractivity contribution in [2.75, 3.05) is 20.3 Å². The predicted molar refractivity (Wildman–Crippen MR) is 82.2 cm³/mol. The molecule has 0 unspecified atom stereocenters. The molecule has 1 N–H and O–H groups in total. The first-order chi connectivity index (χ1) is 8.68. The fourth-order valence-electron chi connectivity index (χ4n) is 1.53. The third-order valence-corrected chi connectivity index (χ3v) is 6.07. The van der Waals surface area contributed by atoms with Crippen molar-refractivity contribution in [3.8, 4) is 0 Å². The van der Waals surface area contributed by atoms with E-state index in [2.05, 4.69) is 20.7 Å². The van der Waals surface area contributed by atoms with Gasteiger partial charge in [-0.25, -0.2) is 13.1 Å². The maximum absolute atomic E-state index is 12.2. The Morgan fingerprint density at radius 1 is 1.47 bits per heavy atom. The van der Waals surface area contributed by atoms with Gasteiger partial charge in [0.05, 0.1) is 8.68 Å². The van der Waals surface area contributed by atoms with Crippen LogP contribution in [0.3, 0.4) is 0 Å². The molecule has 1 heterocycles. The van der Waals surface area contributed by atoms with Crippen molar-refractivity contribution in [2.45, 2.75) is 32.1 Å². The first-order valence-corrected chi connectivity index (χ1v) is 9.02. The Bertz CT molecular complexity index is 523. The summed E-state index contributed by atoms with van der Waals surface area (Å²) >= 11 is 4.73. The van der Waals surface area contributed by atoms with Crippen LogP contribution in [0.2, 0.25) is 0 Å². The van der Waals surface area contributed by atoms with Crippen molar-refractivity contribution in [3.05, 3.63) is 14.7 Å². The molecule has 0 aliphatic heterocycles. The number of hydrogen-bond donors (Lipinski definition) is 1. The van der Waals surface area contributed by atoms with E-state index >= 15 is 0 Å². The lowest BCUT2D eigenvalue weighted by Gasteiger charge is -2.24. The van der Waals surface area contributed by atoms with Crippen molar-refractivity contribution >= 4 is 37.3 Å². The maximum Gasteiger partial charge on any atom is 0.241 e. The van der Waals surface area contributed by atoms with Gasteiger partial charge in [0.1, 0.15) is 0 Å². The minimum atomic E-state index is -3.44. The van der Waals surface area contributed by atoms with Crippen LogP contribution in [0.25, 0.3) is 0 Å².